The molecule has 1 aromatic carbocycles. The molecule has 1 fully saturated rings. The molecule has 0 unspecified atom stereocenters. The molecule has 2 aliphatic heterocycles. The van der Waals surface area contributed by atoms with Crippen LogP contribution in [0.1, 0.15) is 30.4 Å². The molecule has 3 nitrogen and oxygen atoms in total. The number of anilines is 1. The number of amides is 1. The van der Waals surface area contributed by atoms with Crippen molar-refractivity contribution in [2.75, 3.05) is 24.7 Å². The van der Waals surface area contributed by atoms with Crippen LogP contribution in [0.5, 0.6) is 0 Å². The molecular weight excluding hydrogens is 238 g/mol. The van der Waals surface area contributed by atoms with Gasteiger partial charge in [0.25, 0.3) is 0 Å². The van der Waals surface area contributed by atoms with Crippen molar-refractivity contribution in [2.45, 2.75) is 32.6 Å². The molecule has 0 bridgehead atoms. The zero-order valence-electron chi connectivity index (χ0n) is 11.5. The van der Waals surface area contributed by atoms with E-state index in [9.17, 15) is 4.79 Å². The molecule has 1 amide bonds. The molecule has 19 heavy (non-hydrogen) atoms. The van der Waals surface area contributed by atoms with Crippen LogP contribution in [0.4, 0.5) is 5.69 Å². The minimum Gasteiger partial charge on any atom is -0.381 e. The third-order valence-electron chi connectivity index (χ3n) is 4.13. The molecule has 0 N–H and O–H groups in total. The second-order valence-electron chi connectivity index (χ2n) is 5.64. The molecule has 102 valence electrons. The normalized spacial score (nSPS) is 23.0. The standard InChI is InChI=1S/C16H21NO2/c1-12-6-7-15-13(10-12)4-2-8-17(15)16(18)14-5-3-9-19-11-14/h6-7,10,14H,2-5,8-9,11H2,1H3/t14-/m0/s1. The first-order valence-corrected chi connectivity index (χ1v) is 7.24. The lowest BCUT2D eigenvalue weighted by Crippen LogP contribution is -2.42. The topological polar surface area (TPSA) is 29.5 Å². The summed E-state index contributed by atoms with van der Waals surface area (Å²) >= 11 is 0. The SMILES string of the molecule is Cc1ccc2c(c1)CCCN2C(=O)[C@H]1CCCOC1. The largest absolute Gasteiger partial charge is 0.381 e. The summed E-state index contributed by atoms with van der Waals surface area (Å²) in [4.78, 5) is 14.6. The average Bonchev–Trinajstić information content (AvgIpc) is 2.46. The lowest BCUT2D eigenvalue weighted by molar-refractivity contribution is -0.126. The molecule has 2 heterocycles. The second kappa shape index (κ2) is 5.33. The van der Waals surface area contributed by atoms with E-state index < -0.39 is 0 Å². The maximum absolute atomic E-state index is 12.6. The molecule has 3 heteroatoms. The van der Waals surface area contributed by atoms with Crippen LogP contribution in [0.25, 0.3) is 0 Å². The van der Waals surface area contributed by atoms with E-state index in [2.05, 4.69) is 25.1 Å². The Morgan fingerprint density at radius 1 is 1.37 bits per heavy atom. The Labute approximate surface area is 114 Å². The Kier molecular flexibility index (Phi) is 3.56. The Bertz CT molecular complexity index is 478. The predicted octanol–water partition coefficient (Wildman–Crippen LogP) is 2.70. The van der Waals surface area contributed by atoms with Gasteiger partial charge in [-0.2, -0.15) is 0 Å². The van der Waals surface area contributed by atoms with E-state index >= 15 is 0 Å². The van der Waals surface area contributed by atoms with E-state index in [1.807, 2.05) is 4.90 Å². The van der Waals surface area contributed by atoms with Gasteiger partial charge in [0.2, 0.25) is 5.91 Å². The van der Waals surface area contributed by atoms with E-state index in [0.29, 0.717) is 6.61 Å². The first-order valence-electron chi connectivity index (χ1n) is 7.24. The average molecular weight is 259 g/mol. The highest BCUT2D eigenvalue weighted by Crippen LogP contribution is 2.30. The van der Waals surface area contributed by atoms with Crippen molar-refractivity contribution < 1.29 is 9.53 Å². The number of carbonyl (C=O) groups is 1. The molecule has 0 aliphatic carbocycles. The summed E-state index contributed by atoms with van der Waals surface area (Å²) in [5.74, 6) is 0.311. The minimum atomic E-state index is 0.0565. The third-order valence-corrected chi connectivity index (χ3v) is 4.13. The van der Waals surface area contributed by atoms with Gasteiger partial charge in [0.05, 0.1) is 12.5 Å². The Hall–Kier alpha value is -1.35. The van der Waals surface area contributed by atoms with Crippen LogP contribution in [-0.4, -0.2) is 25.7 Å². The summed E-state index contributed by atoms with van der Waals surface area (Å²) in [5, 5.41) is 0. The Balaban J connectivity index is 1.84. The van der Waals surface area contributed by atoms with Gasteiger partial charge in [-0.05, 0) is 44.2 Å². The summed E-state index contributed by atoms with van der Waals surface area (Å²) in [7, 11) is 0. The van der Waals surface area contributed by atoms with Gasteiger partial charge in [-0.25, -0.2) is 0 Å². The zero-order chi connectivity index (χ0) is 13.2. The summed E-state index contributed by atoms with van der Waals surface area (Å²) in [6.45, 7) is 4.36. The van der Waals surface area contributed by atoms with Crippen molar-refractivity contribution >= 4 is 11.6 Å². The van der Waals surface area contributed by atoms with Crippen LogP contribution in [0.3, 0.4) is 0 Å². The molecule has 3 rings (SSSR count). The number of benzene rings is 1. The van der Waals surface area contributed by atoms with E-state index in [0.717, 1.165) is 44.5 Å². The second-order valence-corrected chi connectivity index (χ2v) is 5.64. The van der Waals surface area contributed by atoms with Crippen LogP contribution >= 0.6 is 0 Å². The Morgan fingerprint density at radius 3 is 3.05 bits per heavy atom. The molecule has 0 saturated carbocycles. The summed E-state index contributed by atoms with van der Waals surface area (Å²) in [6, 6.07) is 6.42. The number of aryl methyl sites for hydroxylation is 2. The van der Waals surface area contributed by atoms with Gasteiger partial charge in [0.1, 0.15) is 0 Å². The van der Waals surface area contributed by atoms with Crippen molar-refractivity contribution in [3.05, 3.63) is 29.3 Å². The monoisotopic (exact) mass is 259 g/mol. The molecule has 1 aromatic rings. The fourth-order valence-electron chi connectivity index (χ4n) is 3.11. The minimum absolute atomic E-state index is 0.0565. The number of rotatable bonds is 1. The number of fused-ring (bicyclic) bond motifs is 1. The fourth-order valence-corrected chi connectivity index (χ4v) is 3.11. The van der Waals surface area contributed by atoms with Crippen molar-refractivity contribution in [1.82, 2.24) is 0 Å². The van der Waals surface area contributed by atoms with Gasteiger partial charge in [0, 0.05) is 18.8 Å². The molecule has 1 saturated heterocycles. The molecule has 2 aliphatic rings. The fraction of sp³-hybridized carbons (Fsp3) is 0.562. The highest BCUT2D eigenvalue weighted by atomic mass is 16.5. The molecule has 0 radical (unpaired) electrons. The van der Waals surface area contributed by atoms with Crippen LogP contribution < -0.4 is 4.90 Å². The van der Waals surface area contributed by atoms with Gasteiger partial charge in [-0.15, -0.1) is 0 Å². The van der Waals surface area contributed by atoms with E-state index in [4.69, 9.17) is 4.74 Å². The predicted molar refractivity (Wildman–Crippen MR) is 75.4 cm³/mol. The van der Waals surface area contributed by atoms with E-state index in [1.165, 1.54) is 11.1 Å². The van der Waals surface area contributed by atoms with Gasteiger partial charge >= 0.3 is 0 Å². The van der Waals surface area contributed by atoms with Crippen LogP contribution in [0.2, 0.25) is 0 Å². The summed E-state index contributed by atoms with van der Waals surface area (Å²) < 4.78 is 5.45. The molecule has 0 aromatic heterocycles. The van der Waals surface area contributed by atoms with Crippen molar-refractivity contribution in [2.24, 2.45) is 5.92 Å². The quantitative estimate of drug-likeness (QED) is 0.776. The van der Waals surface area contributed by atoms with Gasteiger partial charge < -0.3 is 9.64 Å². The first kappa shape index (κ1) is 12.7. The molecule has 0 spiro atoms. The van der Waals surface area contributed by atoms with Gasteiger partial charge in [-0.1, -0.05) is 17.7 Å². The first-order chi connectivity index (χ1) is 9.25. The maximum Gasteiger partial charge on any atom is 0.232 e. The lowest BCUT2D eigenvalue weighted by atomic mass is 9.95. The molecular formula is C16H21NO2. The van der Waals surface area contributed by atoms with Gasteiger partial charge in [-0.3, -0.25) is 4.79 Å². The summed E-state index contributed by atoms with van der Waals surface area (Å²) in [5.41, 5.74) is 3.71. The smallest absolute Gasteiger partial charge is 0.232 e. The van der Waals surface area contributed by atoms with Gasteiger partial charge in [0.15, 0.2) is 0 Å². The highest BCUT2D eigenvalue weighted by Gasteiger charge is 2.29. The van der Waals surface area contributed by atoms with Crippen molar-refractivity contribution in [3.8, 4) is 0 Å². The van der Waals surface area contributed by atoms with Crippen LogP contribution in [0, 0.1) is 12.8 Å². The Morgan fingerprint density at radius 2 is 2.26 bits per heavy atom. The summed E-state index contributed by atoms with van der Waals surface area (Å²) in [6.07, 6.45) is 4.12. The van der Waals surface area contributed by atoms with E-state index in [-0.39, 0.29) is 11.8 Å². The van der Waals surface area contributed by atoms with Crippen LogP contribution in [0.15, 0.2) is 18.2 Å². The number of carbonyl (C=O) groups excluding carboxylic acids is 1. The van der Waals surface area contributed by atoms with Crippen LogP contribution in [-0.2, 0) is 16.0 Å². The van der Waals surface area contributed by atoms with Crippen molar-refractivity contribution in [3.63, 3.8) is 0 Å². The van der Waals surface area contributed by atoms with Crippen molar-refractivity contribution in [1.29, 1.82) is 0 Å². The number of ether oxygens (including phenoxy) is 1. The van der Waals surface area contributed by atoms with E-state index in [1.54, 1.807) is 0 Å². The number of hydrogen-bond acceptors (Lipinski definition) is 2. The number of nitrogens with zero attached hydrogens (tertiary/aromatic N) is 1. The lowest BCUT2D eigenvalue weighted by Gasteiger charge is -2.33. The molecule has 1 atom stereocenters. The highest BCUT2D eigenvalue weighted by molar-refractivity contribution is 5.96. The zero-order valence-corrected chi connectivity index (χ0v) is 11.5. The number of hydrogen-bond donors (Lipinski definition) is 0. The maximum atomic E-state index is 12.6. The third kappa shape index (κ3) is 2.52.